The van der Waals surface area contributed by atoms with Crippen LogP contribution in [0.1, 0.15) is 74.1 Å². The predicted molar refractivity (Wildman–Crippen MR) is 104 cm³/mol. The Bertz CT molecular complexity index is 757. The molecule has 2 aromatic rings. The van der Waals surface area contributed by atoms with E-state index in [1.807, 2.05) is 11.4 Å². The second-order valence-corrected chi connectivity index (χ2v) is 8.48. The normalized spacial score (nSPS) is 23.4. The lowest BCUT2D eigenvalue weighted by molar-refractivity contribution is 0.196. The molecular formula is C21H33N5. The van der Waals surface area contributed by atoms with Gasteiger partial charge < -0.3 is 4.90 Å². The van der Waals surface area contributed by atoms with E-state index in [-0.39, 0.29) is 0 Å². The van der Waals surface area contributed by atoms with Crippen molar-refractivity contribution in [1.29, 1.82) is 0 Å². The lowest BCUT2D eigenvalue weighted by Gasteiger charge is -2.29. The van der Waals surface area contributed by atoms with Crippen molar-refractivity contribution in [3.8, 4) is 0 Å². The van der Waals surface area contributed by atoms with E-state index in [1.54, 1.807) is 0 Å². The minimum Gasteiger partial charge on any atom is -0.300 e. The van der Waals surface area contributed by atoms with Crippen LogP contribution in [0, 0.1) is 26.7 Å². The summed E-state index contributed by atoms with van der Waals surface area (Å²) in [7, 11) is 0. The van der Waals surface area contributed by atoms with Crippen molar-refractivity contribution in [2.24, 2.45) is 5.92 Å². The average Bonchev–Trinajstić information content (AvgIpc) is 3.17. The lowest BCUT2D eigenvalue weighted by Crippen LogP contribution is -2.34. The molecule has 142 valence electrons. The zero-order valence-electron chi connectivity index (χ0n) is 16.7. The summed E-state index contributed by atoms with van der Waals surface area (Å²) in [5.41, 5.74) is 3.73. The number of aryl methyl sites for hydroxylation is 3. The van der Waals surface area contributed by atoms with Gasteiger partial charge in [-0.05, 0) is 64.5 Å². The summed E-state index contributed by atoms with van der Waals surface area (Å²) in [4.78, 5) is 11.9. The largest absolute Gasteiger partial charge is 0.300 e. The number of fused-ring (bicyclic) bond motifs is 1. The molecule has 0 aromatic carbocycles. The van der Waals surface area contributed by atoms with E-state index < -0.39 is 0 Å². The SMILES string of the molecule is Cc1nc2nc(C)c(CC3CCN(C4CCCCCCC4)C3)c(C)n2n1. The molecule has 5 nitrogen and oxygen atoms in total. The highest BCUT2D eigenvalue weighted by Gasteiger charge is 2.29. The fraction of sp³-hybridized carbons (Fsp3) is 0.762. The molecule has 0 N–H and O–H groups in total. The highest BCUT2D eigenvalue weighted by Crippen LogP contribution is 2.29. The van der Waals surface area contributed by atoms with Gasteiger partial charge in [0.1, 0.15) is 5.82 Å². The van der Waals surface area contributed by atoms with Crippen LogP contribution in [0.2, 0.25) is 0 Å². The van der Waals surface area contributed by atoms with Gasteiger partial charge in [0.25, 0.3) is 5.78 Å². The van der Waals surface area contributed by atoms with Crippen molar-refractivity contribution in [2.45, 2.75) is 84.6 Å². The Morgan fingerprint density at radius 2 is 1.65 bits per heavy atom. The molecule has 2 aromatic heterocycles. The first kappa shape index (κ1) is 17.9. The summed E-state index contributed by atoms with van der Waals surface area (Å²) in [5.74, 6) is 2.29. The molecule has 1 unspecified atom stereocenters. The van der Waals surface area contributed by atoms with Gasteiger partial charge in [-0.15, -0.1) is 0 Å². The maximum absolute atomic E-state index is 4.71. The summed E-state index contributed by atoms with van der Waals surface area (Å²) in [6, 6.07) is 0.834. The molecule has 0 spiro atoms. The van der Waals surface area contributed by atoms with Gasteiger partial charge >= 0.3 is 0 Å². The summed E-state index contributed by atoms with van der Waals surface area (Å²) < 4.78 is 1.93. The third kappa shape index (κ3) is 3.64. The fourth-order valence-electron chi connectivity index (χ4n) is 5.05. The van der Waals surface area contributed by atoms with Crippen LogP contribution in [0.5, 0.6) is 0 Å². The van der Waals surface area contributed by atoms with Crippen LogP contribution >= 0.6 is 0 Å². The number of rotatable bonds is 3. The number of hydrogen-bond donors (Lipinski definition) is 0. The Balaban J connectivity index is 1.46. The highest BCUT2D eigenvalue weighted by atomic mass is 15.3. The van der Waals surface area contributed by atoms with Crippen molar-refractivity contribution < 1.29 is 0 Å². The van der Waals surface area contributed by atoms with Crippen LogP contribution in [0.15, 0.2) is 0 Å². The quantitative estimate of drug-likeness (QED) is 0.834. The third-order valence-corrected chi connectivity index (χ3v) is 6.56. The second-order valence-electron chi connectivity index (χ2n) is 8.48. The van der Waals surface area contributed by atoms with Gasteiger partial charge in [0.05, 0.1) is 0 Å². The van der Waals surface area contributed by atoms with E-state index in [9.17, 15) is 0 Å². The molecule has 1 aliphatic carbocycles. The molecule has 2 aliphatic rings. The van der Waals surface area contributed by atoms with Gasteiger partial charge in [-0.25, -0.2) is 9.50 Å². The Hall–Kier alpha value is -1.49. The molecule has 0 amide bonds. The zero-order chi connectivity index (χ0) is 18.1. The summed E-state index contributed by atoms with van der Waals surface area (Å²) in [6.45, 7) is 8.79. The first-order valence-corrected chi connectivity index (χ1v) is 10.6. The fourth-order valence-corrected chi connectivity index (χ4v) is 5.05. The first-order valence-electron chi connectivity index (χ1n) is 10.6. The minimum atomic E-state index is 0.740. The van der Waals surface area contributed by atoms with Gasteiger partial charge in [0, 0.05) is 24.0 Å². The van der Waals surface area contributed by atoms with Gasteiger partial charge in [-0.3, -0.25) is 0 Å². The van der Waals surface area contributed by atoms with E-state index in [1.165, 1.54) is 75.7 Å². The number of likely N-dealkylation sites (tertiary alicyclic amines) is 1. The molecule has 2 fully saturated rings. The molecule has 0 bridgehead atoms. The Labute approximate surface area is 157 Å². The van der Waals surface area contributed by atoms with E-state index in [4.69, 9.17) is 4.98 Å². The number of aromatic nitrogens is 4. The molecule has 4 rings (SSSR count). The standard InChI is InChI=1S/C21H33N5/c1-15-20(16(2)26-21(22-15)23-17(3)24-26)13-18-11-12-25(14-18)19-9-7-5-4-6-8-10-19/h18-19H,4-14H2,1-3H3. The summed E-state index contributed by atoms with van der Waals surface area (Å²) >= 11 is 0. The molecule has 1 aliphatic heterocycles. The molecule has 1 saturated carbocycles. The van der Waals surface area contributed by atoms with Crippen LogP contribution in [-0.2, 0) is 6.42 Å². The Morgan fingerprint density at radius 3 is 2.42 bits per heavy atom. The molecule has 0 radical (unpaired) electrons. The maximum atomic E-state index is 4.71. The second kappa shape index (κ2) is 7.63. The minimum absolute atomic E-state index is 0.740. The Kier molecular flexibility index (Phi) is 5.25. The Morgan fingerprint density at radius 1 is 0.923 bits per heavy atom. The van der Waals surface area contributed by atoms with Crippen LogP contribution in [0.25, 0.3) is 5.78 Å². The van der Waals surface area contributed by atoms with Crippen molar-refractivity contribution in [3.05, 3.63) is 22.8 Å². The third-order valence-electron chi connectivity index (χ3n) is 6.56. The average molecular weight is 356 g/mol. The molecular weight excluding hydrogens is 322 g/mol. The van der Waals surface area contributed by atoms with Crippen molar-refractivity contribution in [1.82, 2.24) is 24.5 Å². The van der Waals surface area contributed by atoms with Gasteiger partial charge in [0.2, 0.25) is 0 Å². The first-order chi connectivity index (χ1) is 12.6. The predicted octanol–water partition coefficient (Wildman–Crippen LogP) is 4.03. The lowest BCUT2D eigenvalue weighted by atomic mass is 9.95. The summed E-state index contributed by atoms with van der Waals surface area (Å²) in [6.07, 6.45) is 12.5. The van der Waals surface area contributed by atoms with Crippen molar-refractivity contribution in [3.63, 3.8) is 0 Å². The van der Waals surface area contributed by atoms with E-state index >= 15 is 0 Å². The molecule has 1 atom stereocenters. The highest BCUT2D eigenvalue weighted by molar-refractivity contribution is 5.37. The van der Waals surface area contributed by atoms with Crippen LogP contribution in [-0.4, -0.2) is 43.6 Å². The van der Waals surface area contributed by atoms with Crippen LogP contribution in [0.4, 0.5) is 0 Å². The molecule has 5 heteroatoms. The number of nitrogens with zero attached hydrogens (tertiary/aromatic N) is 5. The van der Waals surface area contributed by atoms with Gasteiger partial charge in [-0.1, -0.05) is 32.1 Å². The van der Waals surface area contributed by atoms with E-state index in [0.717, 1.165) is 35.7 Å². The molecule has 1 saturated heterocycles. The van der Waals surface area contributed by atoms with Gasteiger partial charge in [-0.2, -0.15) is 10.1 Å². The van der Waals surface area contributed by atoms with Crippen LogP contribution < -0.4 is 0 Å². The monoisotopic (exact) mass is 355 g/mol. The topological polar surface area (TPSA) is 46.3 Å². The van der Waals surface area contributed by atoms with Gasteiger partial charge in [0.15, 0.2) is 0 Å². The summed E-state index contributed by atoms with van der Waals surface area (Å²) in [5, 5.41) is 4.53. The van der Waals surface area contributed by atoms with E-state index in [0.29, 0.717) is 0 Å². The zero-order valence-corrected chi connectivity index (χ0v) is 16.7. The smallest absolute Gasteiger partial charge is 0.252 e. The maximum Gasteiger partial charge on any atom is 0.252 e. The van der Waals surface area contributed by atoms with Crippen molar-refractivity contribution >= 4 is 5.78 Å². The molecule has 26 heavy (non-hydrogen) atoms. The number of hydrogen-bond acceptors (Lipinski definition) is 4. The van der Waals surface area contributed by atoms with Crippen LogP contribution in [0.3, 0.4) is 0 Å². The van der Waals surface area contributed by atoms with E-state index in [2.05, 4.69) is 28.8 Å². The molecule has 3 heterocycles. The van der Waals surface area contributed by atoms with Crippen molar-refractivity contribution in [2.75, 3.05) is 13.1 Å².